The summed E-state index contributed by atoms with van der Waals surface area (Å²) < 4.78 is 35.9. The van der Waals surface area contributed by atoms with Crippen molar-refractivity contribution in [3.05, 3.63) is 71.2 Å². The SMILES string of the molecule is CCc1ccc(N(CC(C)C)S(=O)(=O)c2ccc3nn(Cc4c(C)noc4C)cc3c2)cc1. The van der Waals surface area contributed by atoms with E-state index < -0.39 is 10.0 Å². The predicted molar refractivity (Wildman–Crippen MR) is 130 cm³/mol. The molecule has 2 aromatic heterocycles. The molecule has 4 rings (SSSR count). The average molecular weight is 467 g/mol. The summed E-state index contributed by atoms with van der Waals surface area (Å²) in [5.74, 6) is 0.931. The lowest BCUT2D eigenvalue weighted by atomic mass is 10.1. The third-order valence-electron chi connectivity index (χ3n) is 5.78. The van der Waals surface area contributed by atoms with E-state index in [1.807, 2.05) is 58.2 Å². The van der Waals surface area contributed by atoms with Crippen LogP contribution in [-0.4, -0.2) is 29.9 Å². The third-order valence-corrected chi connectivity index (χ3v) is 7.57. The Hall–Kier alpha value is -3.13. The van der Waals surface area contributed by atoms with Crippen molar-refractivity contribution in [3.63, 3.8) is 0 Å². The molecule has 0 bridgehead atoms. The fourth-order valence-corrected chi connectivity index (χ4v) is 5.55. The maximum absolute atomic E-state index is 13.7. The van der Waals surface area contributed by atoms with Crippen molar-refractivity contribution in [1.29, 1.82) is 0 Å². The molecule has 0 N–H and O–H groups in total. The fourth-order valence-electron chi connectivity index (χ4n) is 3.89. The van der Waals surface area contributed by atoms with Crippen LogP contribution < -0.4 is 4.31 Å². The van der Waals surface area contributed by atoms with Gasteiger partial charge in [-0.25, -0.2) is 8.42 Å². The molecule has 2 aromatic carbocycles. The van der Waals surface area contributed by atoms with Gasteiger partial charge in [-0.2, -0.15) is 5.10 Å². The molecule has 0 aliphatic rings. The average Bonchev–Trinajstić information content (AvgIpc) is 3.34. The zero-order chi connectivity index (χ0) is 23.8. The first kappa shape index (κ1) is 23.0. The summed E-state index contributed by atoms with van der Waals surface area (Å²) in [4.78, 5) is 0.257. The Labute approximate surface area is 195 Å². The van der Waals surface area contributed by atoms with Gasteiger partial charge in [0.15, 0.2) is 0 Å². The number of aryl methyl sites for hydroxylation is 3. The summed E-state index contributed by atoms with van der Waals surface area (Å²) in [6.07, 6.45) is 2.77. The van der Waals surface area contributed by atoms with Crippen molar-refractivity contribution in [3.8, 4) is 0 Å². The van der Waals surface area contributed by atoms with Gasteiger partial charge in [-0.15, -0.1) is 0 Å². The van der Waals surface area contributed by atoms with Crippen molar-refractivity contribution in [2.45, 2.75) is 52.5 Å². The molecule has 0 aliphatic carbocycles. The van der Waals surface area contributed by atoms with Crippen LogP contribution in [0.3, 0.4) is 0 Å². The van der Waals surface area contributed by atoms with Crippen molar-refractivity contribution >= 4 is 26.6 Å². The third kappa shape index (κ3) is 4.66. The number of fused-ring (bicyclic) bond motifs is 1. The number of sulfonamides is 1. The van der Waals surface area contributed by atoms with E-state index in [0.29, 0.717) is 18.8 Å². The lowest BCUT2D eigenvalue weighted by molar-refractivity contribution is 0.391. The van der Waals surface area contributed by atoms with Crippen LogP contribution in [0.15, 0.2) is 58.1 Å². The molecule has 174 valence electrons. The molecule has 0 unspecified atom stereocenters. The van der Waals surface area contributed by atoms with Crippen LogP contribution >= 0.6 is 0 Å². The second-order valence-electron chi connectivity index (χ2n) is 8.80. The first-order valence-corrected chi connectivity index (χ1v) is 12.6. The van der Waals surface area contributed by atoms with E-state index in [0.717, 1.165) is 34.3 Å². The molecule has 0 spiro atoms. The van der Waals surface area contributed by atoms with Crippen molar-refractivity contribution in [2.24, 2.45) is 5.92 Å². The molecule has 2 heterocycles. The number of aromatic nitrogens is 3. The highest BCUT2D eigenvalue weighted by molar-refractivity contribution is 7.92. The Bertz CT molecular complexity index is 1350. The first-order valence-electron chi connectivity index (χ1n) is 11.2. The highest BCUT2D eigenvalue weighted by Gasteiger charge is 2.26. The van der Waals surface area contributed by atoms with E-state index in [1.54, 1.807) is 22.9 Å². The summed E-state index contributed by atoms with van der Waals surface area (Å²) in [6, 6.07) is 12.9. The van der Waals surface area contributed by atoms with Gasteiger partial charge >= 0.3 is 0 Å². The predicted octanol–water partition coefficient (Wildman–Crippen LogP) is 5.10. The zero-order valence-electron chi connectivity index (χ0n) is 19.7. The summed E-state index contributed by atoms with van der Waals surface area (Å²) in [6.45, 7) is 10.8. The van der Waals surface area contributed by atoms with E-state index in [1.165, 1.54) is 9.87 Å². The van der Waals surface area contributed by atoms with Crippen LogP contribution in [0.25, 0.3) is 10.9 Å². The van der Waals surface area contributed by atoms with Gasteiger partial charge in [0.25, 0.3) is 10.0 Å². The second kappa shape index (κ2) is 9.02. The van der Waals surface area contributed by atoms with E-state index in [4.69, 9.17) is 4.52 Å². The Morgan fingerprint density at radius 1 is 1.09 bits per heavy atom. The lowest BCUT2D eigenvalue weighted by Gasteiger charge is -2.26. The van der Waals surface area contributed by atoms with Crippen LogP contribution in [0.1, 0.15) is 43.4 Å². The summed E-state index contributed by atoms with van der Waals surface area (Å²) in [5.41, 5.74) is 4.40. The van der Waals surface area contributed by atoms with Gasteiger partial charge in [-0.05, 0) is 62.1 Å². The second-order valence-corrected chi connectivity index (χ2v) is 10.7. The molecule has 8 heteroatoms. The molecule has 0 saturated heterocycles. The minimum Gasteiger partial charge on any atom is -0.361 e. The standard InChI is InChI=1S/C25H30N4O3S/c1-6-20-7-9-22(10-8-20)29(14-17(2)3)33(30,31)23-11-12-25-21(13-23)15-28(26-25)16-24-18(4)27-32-19(24)5/h7-13,15,17H,6,14,16H2,1-5H3. The Morgan fingerprint density at radius 3 is 2.42 bits per heavy atom. The Morgan fingerprint density at radius 2 is 1.82 bits per heavy atom. The van der Waals surface area contributed by atoms with Gasteiger partial charge in [0, 0.05) is 23.7 Å². The highest BCUT2D eigenvalue weighted by Crippen LogP contribution is 2.28. The first-order chi connectivity index (χ1) is 15.7. The summed E-state index contributed by atoms with van der Waals surface area (Å²) in [5, 5.41) is 9.37. The van der Waals surface area contributed by atoms with E-state index in [2.05, 4.69) is 17.2 Å². The molecular formula is C25H30N4O3S. The molecule has 0 atom stereocenters. The number of hydrogen-bond acceptors (Lipinski definition) is 5. The Balaban J connectivity index is 1.70. The zero-order valence-corrected chi connectivity index (χ0v) is 20.6. The normalized spacial score (nSPS) is 12.1. The quantitative estimate of drug-likeness (QED) is 0.361. The number of rotatable bonds is 8. The minimum absolute atomic E-state index is 0.173. The lowest BCUT2D eigenvalue weighted by Crippen LogP contribution is -2.34. The fraction of sp³-hybridized carbons (Fsp3) is 0.360. The maximum Gasteiger partial charge on any atom is 0.264 e. The van der Waals surface area contributed by atoms with Gasteiger partial charge in [0.2, 0.25) is 0 Å². The van der Waals surface area contributed by atoms with Crippen molar-refractivity contribution < 1.29 is 12.9 Å². The number of benzene rings is 2. The van der Waals surface area contributed by atoms with Gasteiger partial charge in [-0.1, -0.05) is 38.1 Å². The molecule has 7 nitrogen and oxygen atoms in total. The van der Waals surface area contributed by atoms with Crippen LogP contribution in [0.5, 0.6) is 0 Å². The number of nitrogens with zero attached hydrogens (tertiary/aromatic N) is 4. The molecule has 0 radical (unpaired) electrons. The minimum atomic E-state index is -3.74. The molecule has 0 aliphatic heterocycles. The van der Waals surface area contributed by atoms with Gasteiger partial charge in [-0.3, -0.25) is 8.99 Å². The largest absolute Gasteiger partial charge is 0.361 e. The topological polar surface area (TPSA) is 81.2 Å². The van der Waals surface area contributed by atoms with E-state index >= 15 is 0 Å². The molecule has 33 heavy (non-hydrogen) atoms. The maximum atomic E-state index is 13.7. The number of anilines is 1. The van der Waals surface area contributed by atoms with Crippen LogP contribution in [0.2, 0.25) is 0 Å². The molecule has 0 fully saturated rings. The van der Waals surface area contributed by atoms with Crippen LogP contribution in [0, 0.1) is 19.8 Å². The van der Waals surface area contributed by atoms with Crippen LogP contribution in [0.4, 0.5) is 5.69 Å². The van der Waals surface area contributed by atoms with Gasteiger partial charge in [0.05, 0.1) is 28.3 Å². The van der Waals surface area contributed by atoms with Gasteiger partial charge in [0.1, 0.15) is 5.76 Å². The summed E-state index contributed by atoms with van der Waals surface area (Å²) in [7, 11) is -3.74. The van der Waals surface area contributed by atoms with Crippen LogP contribution in [-0.2, 0) is 23.0 Å². The molecular weight excluding hydrogens is 436 g/mol. The van der Waals surface area contributed by atoms with Crippen molar-refractivity contribution in [2.75, 3.05) is 10.8 Å². The molecule has 0 amide bonds. The summed E-state index contributed by atoms with van der Waals surface area (Å²) >= 11 is 0. The van der Waals surface area contributed by atoms with Crippen molar-refractivity contribution in [1.82, 2.24) is 14.9 Å². The Kier molecular flexibility index (Phi) is 6.30. The molecule has 4 aromatic rings. The highest BCUT2D eigenvalue weighted by atomic mass is 32.2. The number of hydrogen-bond donors (Lipinski definition) is 0. The van der Waals surface area contributed by atoms with E-state index in [-0.39, 0.29) is 10.8 Å². The monoisotopic (exact) mass is 466 g/mol. The van der Waals surface area contributed by atoms with E-state index in [9.17, 15) is 8.42 Å². The smallest absolute Gasteiger partial charge is 0.264 e. The van der Waals surface area contributed by atoms with Gasteiger partial charge < -0.3 is 4.52 Å². The molecule has 0 saturated carbocycles.